The van der Waals surface area contributed by atoms with E-state index in [9.17, 15) is 4.39 Å². The van der Waals surface area contributed by atoms with E-state index in [1.54, 1.807) is 0 Å². The van der Waals surface area contributed by atoms with Crippen molar-refractivity contribution in [1.29, 1.82) is 0 Å². The van der Waals surface area contributed by atoms with Crippen molar-refractivity contribution in [3.8, 4) is 0 Å². The molecule has 0 amide bonds. The van der Waals surface area contributed by atoms with Gasteiger partial charge in [0.15, 0.2) is 0 Å². The molecule has 106 valence electrons. The van der Waals surface area contributed by atoms with Crippen LogP contribution in [0, 0.1) is 11.7 Å². The maximum Gasteiger partial charge on any atom is 0.137 e. The zero-order valence-corrected chi connectivity index (χ0v) is 13.2. The van der Waals surface area contributed by atoms with Crippen molar-refractivity contribution in [1.82, 2.24) is 10.2 Å². The fourth-order valence-corrected chi connectivity index (χ4v) is 3.22. The molecule has 1 aromatic carbocycles. The van der Waals surface area contributed by atoms with E-state index in [1.165, 1.54) is 6.07 Å². The normalized spacial score (nSPS) is 18.8. The number of rotatable bonds is 4. The lowest BCUT2D eigenvalue weighted by Crippen LogP contribution is -2.45. The quantitative estimate of drug-likeness (QED) is 0.908. The van der Waals surface area contributed by atoms with Gasteiger partial charge in [0.05, 0.1) is 4.47 Å². The smallest absolute Gasteiger partial charge is 0.137 e. The maximum atomic E-state index is 13.8. The zero-order chi connectivity index (χ0) is 13.8. The molecule has 19 heavy (non-hydrogen) atoms. The predicted octanol–water partition coefficient (Wildman–Crippen LogP) is 3.58. The summed E-state index contributed by atoms with van der Waals surface area (Å²) in [6, 6.07) is 5.66. The van der Waals surface area contributed by atoms with Crippen LogP contribution in [0.2, 0.25) is 0 Å². The minimum absolute atomic E-state index is 0.165. The Morgan fingerprint density at radius 1 is 1.32 bits per heavy atom. The molecule has 0 unspecified atom stereocenters. The third kappa shape index (κ3) is 3.77. The Balaban J connectivity index is 2.27. The van der Waals surface area contributed by atoms with Crippen LogP contribution in [0.1, 0.15) is 31.9 Å². The second-order valence-corrected chi connectivity index (χ2v) is 6.37. The molecule has 0 bridgehead atoms. The monoisotopic (exact) mass is 328 g/mol. The first-order valence-electron chi connectivity index (χ1n) is 6.98. The second-order valence-electron chi connectivity index (χ2n) is 5.57. The number of halogens is 2. The third-order valence-electron chi connectivity index (χ3n) is 3.63. The van der Waals surface area contributed by atoms with Crippen molar-refractivity contribution in [2.24, 2.45) is 5.92 Å². The van der Waals surface area contributed by atoms with Crippen LogP contribution in [0.5, 0.6) is 0 Å². The molecular formula is C15H22BrFN2. The highest BCUT2D eigenvalue weighted by Crippen LogP contribution is 2.34. The lowest BCUT2D eigenvalue weighted by molar-refractivity contribution is 0.153. The molecule has 2 nitrogen and oxygen atoms in total. The second kappa shape index (κ2) is 6.82. The molecule has 1 saturated heterocycles. The van der Waals surface area contributed by atoms with E-state index >= 15 is 0 Å². The van der Waals surface area contributed by atoms with Gasteiger partial charge in [0, 0.05) is 32.2 Å². The first-order chi connectivity index (χ1) is 9.09. The van der Waals surface area contributed by atoms with Crippen molar-refractivity contribution >= 4 is 15.9 Å². The van der Waals surface area contributed by atoms with E-state index in [-0.39, 0.29) is 5.82 Å². The van der Waals surface area contributed by atoms with Gasteiger partial charge >= 0.3 is 0 Å². The molecule has 4 heteroatoms. The highest BCUT2D eigenvalue weighted by molar-refractivity contribution is 9.10. The minimum atomic E-state index is -0.165. The molecule has 1 aliphatic rings. The fourth-order valence-electron chi connectivity index (χ4n) is 2.69. The molecule has 0 aliphatic carbocycles. The molecule has 0 spiro atoms. The summed E-state index contributed by atoms with van der Waals surface area (Å²) in [5, 5.41) is 3.37. The molecular weight excluding hydrogens is 307 g/mol. The molecule has 0 radical (unpaired) electrons. The fraction of sp³-hybridized carbons (Fsp3) is 0.600. The van der Waals surface area contributed by atoms with Gasteiger partial charge in [-0.1, -0.05) is 26.0 Å². The van der Waals surface area contributed by atoms with Crippen LogP contribution >= 0.6 is 15.9 Å². The number of nitrogens with one attached hydrogen (secondary N) is 1. The summed E-state index contributed by atoms with van der Waals surface area (Å²) >= 11 is 3.42. The standard InChI is InChI=1S/C15H22BrFN2/c1-11(2)10-14(19-8-6-18-7-9-19)12-4-3-5-13(17)15(12)16/h3-5,11,14,18H,6-10H2,1-2H3/t14-/m1/s1. The highest BCUT2D eigenvalue weighted by atomic mass is 79.9. The van der Waals surface area contributed by atoms with Crippen LogP contribution in [-0.2, 0) is 0 Å². The Morgan fingerprint density at radius 3 is 2.63 bits per heavy atom. The number of piperazine rings is 1. The lowest BCUT2D eigenvalue weighted by Gasteiger charge is -2.36. The van der Waals surface area contributed by atoms with Crippen LogP contribution in [0.15, 0.2) is 22.7 Å². The van der Waals surface area contributed by atoms with E-state index < -0.39 is 0 Å². The molecule has 1 aliphatic heterocycles. The van der Waals surface area contributed by atoms with E-state index in [0.29, 0.717) is 16.4 Å². The Bertz CT molecular complexity index is 417. The van der Waals surface area contributed by atoms with Gasteiger partial charge in [0.2, 0.25) is 0 Å². The summed E-state index contributed by atoms with van der Waals surface area (Å²) in [4.78, 5) is 2.47. The summed E-state index contributed by atoms with van der Waals surface area (Å²) in [6.07, 6.45) is 1.06. The van der Waals surface area contributed by atoms with Crippen LogP contribution in [0.3, 0.4) is 0 Å². The third-order valence-corrected chi connectivity index (χ3v) is 4.46. The molecule has 1 aromatic rings. The van der Waals surface area contributed by atoms with Crippen LogP contribution in [0.4, 0.5) is 4.39 Å². The van der Waals surface area contributed by atoms with Gasteiger partial charge in [0.1, 0.15) is 5.82 Å². The Hall–Kier alpha value is -0.450. The summed E-state index contributed by atoms with van der Waals surface area (Å²) in [6.45, 7) is 8.54. The molecule has 1 atom stereocenters. The SMILES string of the molecule is CC(C)C[C@H](c1cccc(F)c1Br)N1CCNCC1. The van der Waals surface area contributed by atoms with Gasteiger partial charge in [-0.3, -0.25) is 4.90 Å². The number of benzene rings is 1. The summed E-state index contributed by atoms with van der Waals surface area (Å²) < 4.78 is 14.4. The first-order valence-corrected chi connectivity index (χ1v) is 7.77. The van der Waals surface area contributed by atoms with E-state index in [1.807, 2.05) is 12.1 Å². The van der Waals surface area contributed by atoms with Crippen molar-refractivity contribution in [2.75, 3.05) is 26.2 Å². The Kier molecular flexibility index (Phi) is 5.37. The summed E-state index contributed by atoms with van der Waals surface area (Å²) in [5.41, 5.74) is 1.08. The highest BCUT2D eigenvalue weighted by Gasteiger charge is 2.25. The molecule has 2 rings (SSSR count). The van der Waals surface area contributed by atoms with Crippen LogP contribution < -0.4 is 5.32 Å². The molecule has 0 aromatic heterocycles. The van der Waals surface area contributed by atoms with Gasteiger partial charge in [-0.15, -0.1) is 0 Å². The van der Waals surface area contributed by atoms with Gasteiger partial charge in [-0.05, 0) is 39.9 Å². The van der Waals surface area contributed by atoms with Crippen LogP contribution in [-0.4, -0.2) is 31.1 Å². The molecule has 0 saturated carbocycles. The largest absolute Gasteiger partial charge is 0.314 e. The van der Waals surface area contributed by atoms with Gasteiger partial charge in [0.25, 0.3) is 0 Å². The van der Waals surface area contributed by atoms with Crippen molar-refractivity contribution in [3.63, 3.8) is 0 Å². The van der Waals surface area contributed by atoms with Crippen molar-refractivity contribution < 1.29 is 4.39 Å². The summed E-state index contributed by atoms with van der Waals surface area (Å²) in [5.74, 6) is 0.427. The molecule has 1 fully saturated rings. The van der Waals surface area contributed by atoms with Crippen molar-refractivity contribution in [3.05, 3.63) is 34.1 Å². The zero-order valence-electron chi connectivity index (χ0n) is 11.6. The average Bonchev–Trinajstić information content (AvgIpc) is 2.40. The van der Waals surface area contributed by atoms with Gasteiger partial charge in [-0.2, -0.15) is 0 Å². The number of hydrogen-bond donors (Lipinski definition) is 1. The minimum Gasteiger partial charge on any atom is -0.314 e. The number of hydrogen-bond acceptors (Lipinski definition) is 2. The first kappa shape index (κ1) is 14.9. The lowest BCUT2D eigenvalue weighted by atomic mass is 9.95. The van der Waals surface area contributed by atoms with Crippen LogP contribution in [0.25, 0.3) is 0 Å². The van der Waals surface area contributed by atoms with E-state index in [0.717, 1.165) is 38.2 Å². The topological polar surface area (TPSA) is 15.3 Å². The Morgan fingerprint density at radius 2 is 2.00 bits per heavy atom. The Labute approximate surface area is 123 Å². The average molecular weight is 329 g/mol. The van der Waals surface area contributed by atoms with E-state index in [4.69, 9.17) is 0 Å². The van der Waals surface area contributed by atoms with E-state index in [2.05, 4.69) is 40.0 Å². The maximum absolute atomic E-state index is 13.8. The van der Waals surface area contributed by atoms with Gasteiger partial charge in [-0.25, -0.2) is 4.39 Å². The summed E-state index contributed by atoms with van der Waals surface area (Å²) in [7, 11) is 0. The predicted molar refractivity (Wildman–Crippen MR) is 80.7 cm³/mol. The van der Waals surface area contributed by atoms with Crippen molar-refractivity contribution in [2.45, 2.75) is 26.3 Å². The molecule has 1 heterocycles. The number of nitrogens with zero attached hydrogens (tertiary/aromatic N) is 1. The molecule has 1 N–H and O–H groups in total. The van der Waals surface area contributed by atoms with Gasteiger partial charge < -0.3 is 5.32 Å².